The third-order valence-corrected chi connectivity index (χ3v) is 4.22. The molecule has 0 bridgehead atoms. The molecule has 0 fully saturated rings. The van der Waals surface area contributed by atoms with Crippen LogP contribution in [0.4, 0.5) is 0 Å². The molecule has 1 aromatic rings. The molecule has 86 valence electrons. The van der Waals surface area contributed by atoms with E-state index in [4.69, 9.17) is 0 Å². The lowest BCUT2D eigenvalue weighted by atomic mass is 10.00. The SMILES string of the molecule is CCCNC(Cc1cc(Br)cs1)C(C)C. The van der Waals surface area contributed by atoms with Crippen LogP contribution in [0.1, 0.15) is 32.1 Å². The minimum Gasteiger partial charge on any atom is -0.313 e. The molecular weight excluding hydrogens is 270 g/mol. The molecule has 0 spiro atoms. The lowest BCUT2D eigenvalue weighted by molar-refractivity contribution is 0.399. The van der Waals surface area contributed by atoms with E-state index >= 15 is 0 Å². The molecule has 0 saturated carbocycles. The van der Waals surface area contributed by atoms with E-state index < -0.39 is 0 Å². The van der Waals surface area contributed by atoms with Crippen molar-refractivity contribution >= 4 is 27.3 Å². The topological polar surface area (TPSA) is 12.0 Å². The summed E-state index contributed by atoms with van der Waals surface area (Å²) < 4.78 is 1.21. The van der Waals surface area contributed by atoms with E-state index in [1.807, 2.05) is 11.3 Å². The first kappa shape index (κ1) is 13.2. The van der Waals surface area contributed by atoms with Crippen LogP contribution in [-0.2, 0) is 6.42 Å². The zero-order valence-electron chi connectivity index (χ0n) is 9.72. The largest absolute Gasteiger partial charge is 0.313 e. The molecule has 1 nitrogen and oxygen atoms in total. The van der Waals surface area contributed by atoms with Gasteiger partial charge in [0, 0.05) is 20.8 Å². The number of hydrogen-bond donors (Lipinski definition) is 1. The predicted octanol–water partition coefficient (Wildman–Crippen LogP) is 4.08. The fraction of sp³-hybridized carbons (Fsp3) is 0.667. The van der Waals surface area contributed by atoms with Gasteiger partial charge in [-0.1, -0.05) is 20.8 Å². The van der Waals surface area contributed by atoms with Crippen molar-refractivity contribution in [2.24, 2.45) is 5.92 Å². The minimum atomic E-state index is 0.607. The van der Waals surface area contributed by atoms with Crippen LogP contribution in [0.2, 0.25) is 0 Å². The standard InChI is InChI=1S/C12H20BrNS/c1-4-5-14-12(9(2)3)7-11-6-10(13)8-15-11/h6,8-9,12,14H,4-5,7H2,1-3H3. The van der Waals surface area contributed by atoms with E-state index in [2.05, 4.69) is 53.5 Å². The van der Waals surface area contributed by atoms with Crippen molar-refractivity contribution in [2.45, 2.75) is 39.7 Å². The molecule has 1 aromatic heterocycles. The first-order valence-electron chi connectivity index (χ1n) is 5.59. The van der Waals surface area contributed by atoms with Gasteiger partial charge in [0.2, 0.25) is 0 Å². The average Bonchev–Trinajstić information content (AvgIpc) is 2.58. The highest BCUT2D eigenvalue weighted by Crippen LogP contribution is 2.22. The first-order chi connectivity index (χ1) is 7.13. The Hall–Kier alpha value is 0.140. The summed E-state index contributed by atoms with van der Waals surface area (Å²) in [4.78, 5) is 1.46. The summed E-state index contributed by atoms with van der Waals surface area (Å²) in [5.41, 5.74) is 0. The summed E-state index contributed by atoms with van der Waals surface area (Å²) >= 11 is 5.34. The van der Waals surface area contributed by atoms with Crippen LogP contribution in [0.15, 0.2) is 15.9 Å². The maximum absolute atomic E-state index is 3.62. The van der Waals surface area contributed by atoms with Crippen LogP contribution >= 0.6 is 27.3 Å². The van der Waals surface area contributed by atoms with Gasteiger partial charge in [0.15, 0.2) is 0 Å². The van der Waals surface area contributed by atoms with Gasteiger partial charge < -0.3 is 5.32 Å². The van der Waals surface area contributed by atoms with Gasteiger partial charge in [0.05, 0.1) is 0 Å². The molecule has 0 radical (unpaired) electrons. The Morgan fingerprint density at radius 1 is 1.47 bits per heavy atom. The number of thiophene rings is 1. The molecule has 1 unspecified atom stereocenters. The molecule has 1 rings (SSSR count). The third kappa shape index (κ3) is 4.66. The van der Waals surface area contributed by atoms with Crippen LogP contribution in [0, 0.1) is 5.92 Å². The Labute approximate surface area is 105 Å². The Bertz CT molecular complexity index is 283. The van der Waals surface area contributed by atoms with Gasteiger partial charge in [0.25, 0.3) is 0 Å². The second-order valence-electron chi connectivity index (χ2n) is 4.24. The Balaban J connectivity index is 2.50. The van der Waals surface area contributed by atoms with Crippen molar-refractivity contribution in [3.05, 3.63) is 20.8 Å². The quantitative estimate of drug-likeness (QED) is 0.832. The van der Waals surface area contributed by atoms with Gasteiger partial charge in [0.1, 0.15) is 0 Å². The van der Waals surface area contributed by atoms with Crippen LogP contribution in [0.3, 0.4) is 0 Å². The predicted molar refractivity (Wildman–Crippen MR) is 72.6 cm³/mol. The van der Waals surface area contributed by atoms with E-state index in [1.54, 1.807) is 0 Å². The average molecular weight is 290 g/mol. The molecule has 1 N–H and O–H groups in total. The molecular formula is C12H20BrNS. The van der Waals surface area contributed by atoms with E-state index in [0.29, 0.717) is 12.0 Å². The van der Waals surface area contributed by atoms with E-state index in [9.17, 15) is 0 Å². The smallest absolute Gasteiger partial charge is 0.0285 e. The van der Waals surface area contributed by atoms with E-state index in [-0.39, 0.29) is 0 Å². The number of nitrogens with one attached hydrogen (secondary N) is 1. The molecule has 0 aliphatic heterocycles. The summed E-state index contributed by atoms with van der Waals surface area (Å²) in [6.07, 6.45) is 2.35. The Morgan fingerprint density at radius 3 is 2.67 bits per heavy atom. The molecule has 0 saturated heterocycles. The Morgan fingerprint density at radius 2 is 2.20 bits per heavy atom. The van der Waals surface area contributed by atoms with Crippen LogP contribution < -0.4 is 5.32 Å². The zero-order chi connectivity index (χ0) is 11.3. The highest BCUT2D eigenvalue weighted by molar-refractivity contribution is 9.10. The summed E-state index contributed by atoms with van der Waals surface area (Å²) in [6, 6.07) is 2.84. The fourth-order valence-electron chi connectivity index (χ4n) is 1.55. The van der Waals surface area contributed by atoms with Crippen LogP contribution in [-0.4, -0.2) is 12.6 Å². The highest BCUT2D eigenvalue weighted by atomic mass is 79.9. The number of halogens is 1. The van der Waals surface area contributed by atoms with Gasteiger partial charge in [-0.15, -0.1) is 11.3 Å². The third-order valence-electron chi connectivity index (χ3n) is 2.50. The lowest BCUT2D eigenvalue weighted by Crippen LogP contribution is -2.36. The summed E-state index contributed by atoms with van der Waals surface area (Å²) in [5, 5.41) is 5.78. The summed E-state index contributed by atoms with van der Waals surface area (Å²) in [5.74, 6) is 0.692. The van der Waals surface area contributed by atoms with Gasteiger partial charge in [-0.05, 0) is 47.3 Å². The van der Waals surface area contributed by atoms with E-state index in [0.717, 1.165) is 13.0 Å². The molecule has 0 aliphatic rings. The van der Waals surface area contributed by atoms with Crippen molar-refractivity contribution in [3.8, 4) is 0 Å². The van der Waals surface area contributed by atoms with Crippen molar-refractivity contribution in [3.63, 3.8) is 0 Å². The molecule has 0 aromatic carbocycles. The number of rotatable bonds is 6. The maximum atomic E-state index is 3.62. The molecule has 1 heterocycles. The van der Waals surface area contributed by atoms with Crippen molar-refractivity contribution in [1.29, 1.82) is 0 Å². The van der Waals surface area contributed by atoms with E-state index in [1.165, 1.54) is 15.8 Å². The summed E-state index contributed by atoms with van der Waals surface area (Å²) in [7, 11) is 0. The second kappa shape index (κ2) is 6.66. The summed E-state index contributed by atoms with van der Waals surface area (Å²) in [6.45, 7) is 7.91. The van der Waals surface area contributed by atoms with Gasteiger partial charge in [-0.25, -0.2) is 0 Å². The van der Waals surface area contributed by atoms with Crippen molar-refractivity contribution < 1.29 is 0 Å². The van der Waals surface area contributed by atoms with Crippen LogP contribution in [0.5, 0.6) is 0 Å². The van der Waals surface area contributed by atoms with Gasteiger partial charge in [-0.2, -0.15) is 0 Å². The second-order valence-corrected chi connectivity index (χ2v) is 6.15. The molecule has 1 atom stereocenters. The van der Waals surface area contributed by atoms with Crippen molar-refractivity contribution in [1.82, 2.24) is 5.32 Å². The van der Waals surface area contributed by atoms with Crippen molar-refractivity contribution in [2.75, 3.05) is 6.54 Å². The lowest BCUT2D eigenvalue weighted by Gasteiger charge is -2.21. The minimum absolute atomic E-state index is 0.607. The molecule has 15 heavy (non-hydrogen) atoms. The van der Waals surface area contributed by atoms with Gasteiger partial charge >= 0.3 is 0 Å². The zero-order valence-corrected chi connectivity index (χ0v) is 12.1. The highest BCUT2D eigenvalue weighted by Gasteiger charge is 2.13. The Kier molecular flexibility index (Phi) is 5.87. The fourth-order valence-corrected chi connectivity index (χ4v) is 3.06. The monoisotopic (exact) mass is 289 g/mol. The molecule has 0 amide bonds. The van der Waals surface area contributed by atoms with Gasteiger partial charge in [-0.3, -0.25) is 0 Å². The normalized spacial score (nSPS) is 13.4. The molecule has 3 heteroatoms. The first-order valence-corrected chi connectivity index (χ1v) is 7.27. The van der Waals surface area contributed by atoms with Crippen LogP contribution in [0.25, 0.3) is 0 Å². The molecule has 0 aliphatic carbocycles. The maximum Gasteiger partial charge on any atom is 0.0285 e. The number of hydrogen-bond acceptors (Lipinski definition) is 2.